The molecule has 1 unspecified atom stereocenters. The van der Waals surface area contributed by atoms with E-state index in [4.69, 9.17) is 4.74 Å². The molecule has 1 saturated heterocycles. The van der Waals surface area contributed by atoms with Crippen LogP contribution in [0.25, 0.3) is 0 Å². The summed E-state index contributed by atoms with van der Waals surface area (Å²) in [7, 11) is 1.44. The van der Waals surface area contributed by atoms with Crippen molar-refractivity contribution in [2.24, 2.45) is 0 Å². The Morgan fingerprint density at radius 2 is 2.04 bits per heavy atom. The Kier molecular flexibility index (Phi) is 6.82. The molecule has 4 nitrogen and oxygen atoms in total. The van der Waals surface area contributed by atoms with Crippen LogP contribution in [0.2, 0.25) is 0 Å². The summed E-state index contributed by atoms with van der Waals surface area (Å²) in [6.07, 6.45) is 2.98. The van der Waals surface area contributed by atoms with E-state index in [0.29, 0.717) is 12.8 Å². The maximum atomic E-state index is 13.7. The molecule has 0 spiro atoms. The van der Waals surface area contributed by atoms with Gasteiger partial charge >= 0.3 is 0 Å². The summed E-state index contributed by atoms with van der Waals surface area (Å²) in [6.45, 7) is 2.85. The van der Waals surface area contributed by atoms with Gasteiger partial charge in [-0.15, -0.1) is 0 Å². The number of likely N-dealkylation sites (tertiary alicyclic amines) is 1. The fraction of sp³-hybridized carbons (Fsp3) is 0.409. The van der Waals surface area contributed by atoms with Gasteiger partial charge in [0.2, 0.25) is 5.91 Å². The fourth-order valence-electron chi connectivity index (χ4n) is 3.58. The second kappa shape index (κ2) is 9.51. The molecule has 0 saturated carbocycles. The van der Waals surface area contributed by atoms with Gasteiger partial charge in [0, 0.05) is 25.6 Å². The van der Waals surface area contributed by atoms with Crippen molar-refractivity contribution in [3.63, 3.8) is 0 Å². The second-order valence-corrected chi connectivity index (χ2v) is 7.10. The number of methoxy groups -OCH3 is 1. The molecule has 2 aromatic rings. The standard InChI is InChI=1S/C22H27FN2O2/c1-27-21-11-9-17(14-20(21)23)10-12-22(26)24-19-8-5-13-25(16-19)15-18-6-3-2-4-7-18/h2-4,6-7,9,11,14,19H,5,8,10,12-13,15-16H2,1H3,(H,24,26). The van der Waals surface area contributed by atoms with Crippen molar-refractivity contribution in [3.8, 4) is 5.75 Å². The molecule has 1 amide bonds. The van der Waals surface area contributed by atoms with Crippen molar-refractivity contribution in [1.29, 1.82) is 0 Å². The van der Waals surface area contributed by atoms with Gasteiger partial charge in [-0.25, -0.2) is 4.39 Å². The molecule has 1 fully saturated rings. The number of carbonyl (C=O) groups excluding carboxylic acids is 1. The number of ether oxygens (including phenoxy) is 1. The normalized spacial score (nSPS) is 17.5. The highest BCUT2D eigenvalue weighted by Crippen LogP contribution is 2.19. The molecule has 1 aliphatic rings. The van der Waals surface area contributed by atoms with E-state index in [1.807, 2.05) is 6.07 Å². The minimum Gasteiger partial charge on any atom is -0.494 e. The van der Waals surface area contributed by atoms with Crippen LogP contribution < -0.4 is 10.1 Å². The number of benzene rings is 2. The SMILES string of the molecule is COc1ccc(CCC(=O)NC2CCCN(Cc3ccccc3)C2)cc1F. The molecular weight excluding hydrogens is 343 g/mol. The first-order valence-electron chi connectivity index (χ1n) is 9.52. The minimum absolute atomic E-state index is 0.0257. The van der Waals surface area contributed by atoms with Crippen molar-refractivity contribution >= 4 is 5.91 Å². The molecule has 0 radical (unpaired) electrons. The summed E-state index contributed by atoms with van der Waals surface area (Å²) in [5, 5.41) is 3.14. The zero-order valence-electron chi connectivity index (χ0n) is 15.8. The molecule has 0 aromatic heterocycles. The predicted molar refractivity (Wildman–Crippen MR) is 104 cm³/mol. The van der Waals surface area contributed by atoms with E-state index in [2.05, 4.69) is 34.5 Å². The molecule has 5 heteroatoms. The van der Waals surface area contributed by atoms with E-state index in [0.717, 1.165) is 38.0 Å². The number of carbonyl (C=O) groups is 1. The van der Waals surface area contributed by atoms with E-state index in [9.17, 15) is 9.18 Å². The number of nitrogens with one attached hydrogen (secondary N) is 1. The van der Waals surface area contributed by atoms with Crippen LogP contribution in [0.15, 0.2) is 48.5 Å². The number of piperidine rings is 1. The van der Waals surface area contributed by atoms with E-state index >= 15 is 0 Å². The van der Waals surface area contributed by atoms with Gasteiger partial charge in [0.05, 0.1) is 7.11 Å². The number of rotatable bonds is 7. The smallest absolute Gasteiger partial charge is 0.220 e. The molecular formula is C22H27FN2O2. The number of hydrogen-bond donors (Lipinski definition) is 1. The Bertz CT molecular complexity index is 751. The lowest BCUT2D eigenvalue weighted by Crippen LogP contribution is -2.47. The van der Waals surface area contributed by atoms with Gasteiger partial charge in [-0.05, 0) is 49.1 Å². The first kappa shape index (κ1) is 19.4. The lowest BCUT2D eigenvalue weighted by molar-refractivity contribution is -0.122. The van der Waals surface area contributed by atoms with Gasteiger partial charge in [-0.2, -0.15) is 0 Å². The maximum absolute atomic E-state index is 13.7. The van der Waals surface area contributed by atoms with E-state index < -0.39 is 0 Å². The van der Waals surface area contributed by atoms with Gasteiger partial charge in [0.1, 0.15) is 0 Å². The van der Waals surface area contributed by atoms with Crippen LogP contribution in [0.5, 0.6) is 5.75 Å². The molecule has 2 aromatic carbocycles. The van der Waals surface area contributed by atoms with E-state index in [1.54, 1.807) is 12.1 Å². The molecule has 0 bridgehead atoms. The number of amides is 1. The summed E-state index contributed by atoms with van der Waals surface area (Å²) in [5.41, 5.74) is 2.10. The fourth-order valence-corrected chi connectivity index (χ4v) is 3.58. The maximum Gasteiger partial charge on any atom is 0.220 e. The van der Waals surface area contributed by atoms with Crippen LogP contribution in [-0.4, -0.2) is 37.0 Å². The monoisotopic (exact) mass is 370 g/mol. The third-order valence-corrected chi connectivity index (χ3v) is 4.98. The quantitative estimate of drug-likeness (QED) is 0.810. The Hall–Kier alpha value is -2.40. The number of nitrogens with zero attached hydrogens (tertiary/aromatic N) is 1. The zero-order chi connectivity index (χ0) is 19.1. The van der Waals surface area contributed by atoms with Crippen LogP contribution in [0.4, 0.5) is 4.39 Å². The van der Waals surface area contributed by atoms with Gasteiger partial charge in [-0.3, -0.25) is 9.69 Å². The molecule has 27 heavy (non-hydrogen) atoms. The van der Waals surface area contributed by atoms with Gasteiger partial charge in [0.25, 0.3) is 0 Å². The summed E-state index contributed by atoms with van der Waals surface area (Å²) in [4.78, 5) is 14.7. The average Bonchev–Trinajstić information content (AvgIpc) is 2.67. The lowest BCUT2D eigenvalue weighted by atomic mass is 10.0. The van der Waals surface area contributed by atoms with Crippen LogP contribution in [0.3, 0.4) is 0 Å². The van der Waals surface area contributed by atoms with Crippen molar-refractivity contribution in [3.05, 3.63) is 65.5 Å². The Morgan fingerprint density at radius 3 is 2.78 bits per heavy atom. The second-order valence-electron chi connectivity index (χ2n) is 7.10. The van der Waals surface area contributed by atoms with Crippen molar-refractivity contribution in [1.82, 2.24) is 10.2 Å². The Balaban J connectivity index is 1.45. The third-order valence-electron chi connectivity index (χ3n) is 4.98. The zero-order valence-corrected chi connectivity index (χ0v) is 15.8. The summed E-state index contributed by atoms with van der Waals surface area (Å²) in [6, 6.07) is 15.4. The average molecular weight is 370 g/mol. The van der Waals surface area contributed by atoms with Gasteiger partial charge in [0.15, 0.2) is 11.6 Å². The van der Waals surface area contributed by atoms with Crippen molar-refractivity contribution < 1.29 is 13.9 Å². The molecule has 1 aliphatic heterocycles. The molecule has 1 heterocycles. The largest absolute Gasteiger partial charge is 0.494 e. The van der Waals surface area contributed by atoms with Gasteiger partial charge < -0.3 is 10.1 Å². The number of halogens is 1. The van der Waals surface area contributed by atoms with Gasteiger partial charge in [-0.1, -0.05) is 36.4 Å². The summed E-state index contributed by atoms with van der Waals surface area (Å²) >= 11 is 0. The Labute approximate surface area is 160 Å². The van der Waals surface area contributed by atoms with Crippen molar-refractivity contribution in [2.75, 3.05) is 20.2 Å². The van der Waals surface area contributed by atoms with Crippen LogP contribution in [0, 0.1) is 5.82 Å². The minimum atomic E-state index is -0.390. The van der Waals surface area contributed by atoms with Crippen LogP contribution >= 0.6 is 0 Å². The van der Waals surface area contributed by atoms with Crippen molar-refractivity contribution in [2.45, 2.75) is 38.3 Å². The molecule has 1 N–H and O–H groups in total. The topological polar surface area (TPSA) is 41.6 Å². The Morgan fingerprint density at radius 1 is 1.22 bits per heavy atom. The molecule has 3 rings (SSSR count). The summed E-state index contributed by atoms with van der Waals surface area (Å²) in [5.74, 6) is -0.138. The highest BCUT2D eigenvalue weighted by Gasteiger charge is 2.21. The lowest BCUT2D eigenvalue weighted by Gasteiger charge is -2.33. The first-order valence-corrected chi connectivity index (χ1v) is 9.52. The van der Waals surface area contributed by atoms with Crippen LogP contribution in [-0.2, 0) is 17.8 Å². The molecule has 1 atom stereocenters. The third kappa shape index (κ3) is 5.79. The first-order chi connectivity index (χ1) is 13.1. The molecule has 144 valence electrons. The predicted octanol–water partition coefficient (Wildman–Crippen LogP) is 3.55. The highest BCUT2D eigenvalue weighted by atomic mass is 19.1. The van der Waals surface area contributed by atoms with E-state index in [-0.39, 0.29) is 23.5 Å². The van der Waals surface area contributed by atoms with Crippen LogP contribution in [0.1, 0.15) is 30.4 Å². The summed E-state index contributed by atoms with van der Waals surface area (Å²) < 4.78 is 18.7. The number of hydrogen-bond acceptors (Lipinski definition) is 3. The highest BCUT2D eigenvalue weighted by molar-refractivity contribution is 5.76. The van der Waals surface area contributed by atoms with E-state index in [1.165, 1.54) is 18.7 Å². The number of aryl methyl sites for hydroxylation is 1. The molecule has 0 aliphatic carbocycles.